The van der Waals surface area contributed by atoms with Gasteiger partial charge in [-0.15, -0.1) is 0 Å². The molecule has 0 amide bonds. The first-order valence-electron chi connectivity index (χ1n) is 8.04. The molecule has 106 valence electrons. The average Bonchev–Trinajstić information content (AvgIpc) is 2.76. The summed E-state index contributed by atoms with van der Waals surface area (Å²) < 4.78 is 2.55. The first-order chi connectivity index (χ1) is 9.75. The van der Waals surface area contributed by atoms with Gasteiger partial charge in [-0.1, -0.05) is 18.2 Å². The van der Waals surface area contributed by atoms with Gasteiger partial charge in [0.2, 0.25) is 0 Å². The van der Waals surface area contributed by atoms with Crippen molar-refractivity contribution < 1.29 is 5.11 Å². The molecule has 0 radical (unpaired) electrons. The minimum absolute atomic E-state index is 0.0637. The summed E-state index contributed by atoms with van der Waals surface area (Å²) in [5.41, 5.74) is 6.08. The molecule has 1 aliphatic carbocycles. The van der Waals surface area contributed by atoms with E-state index in [1.165, 1.54) is 41.5 Å². The Bertz CT molecular complexity index is 647. The van der Waals surface area contributed by atoms with Crippen LogP contribution in [0.2, 0.25) is 0 Å². The molecule has 0 unspecified atom stereocenters. The molecule has 1 aliphatic heterocycles. The SMILES string of the molecule is Cc1c(C2CCC(O)CC2)c2cccc3c2n1CCC3. The Balaban J connectivity index is 1.88. The van der Waals surface area contributed by atoms with Gasteiger partial charge in [0.05, 0.1) is 11.6 Å². The van der Waals surface area contributed by atoms with E-state index in [9.17, 15) is 5.11 Å². The van der Waals surface area contributed by atoms with Crippen molar-refractivity contribution >= 4 is 10.9 Å². The number of benzene rings is 1. The lowest BCUT2D eigenvalue weighted by atomic mass is 9.81. The fourth-order valence-electron chi connectivity index (χ4n) is 4.42. The maximum Gasteiger partial charge on any atom is 0.0540 e. The summed E-state index contributed by atoms with van der Waals surface area (Å²) in [6, 6.07) is 6.84. The van der Waals surface area contributed by atoms with Crippen LogP contribution >= 0.6 is 0 Å². The third-order valence-corrected chi connectivity index (χ3v) is 5.41. The Kier molecular flexibility index (Phi) is 2.88. The van der Waals surface area contributed by atoms with E-state index in [4.69, 9.17) is 0 Å². The summed E-state index contributed by atoms with van der Waals surface area (Å²) in [5.74, 6) is 0.649. The fourth-order valence-corrected chi connectivity index (χ4v) is 4.42. The third-order valence-electron chi connectivity index (χ3n) is 5.41. The first-order valence-corrected chi connectivity index (χ1v) is 8.04. The summed E-state index contributed by atoms with van der Waals surface area (Å²) in [4.78, 5) is 0. The number of nitrogens with zero attached hydrogens (tertiary/aromatic N) is 1. The molecule has 0 spiro atoms. The zero-order valence-electron chi connectivity index (χ0n) is 12.2. The van der Waals surface area contributed by atoms with Crippen molar-refractivity contribution in [2.24, 2.45) is 0 Å². The second kappa shape index (κ2) is 4.63. The van der Waals surface area contributed by atoms with Crippen molar-refractivity contribution in [1.82, 2.24) is 4.57 Å². The van der Waals surface area contributed by atoms with Gasteiger partial charge in [-0.2, -0.15) is 0 Å². The first kappa shape index (κ1) is 12.5. The van der Waals surface area contributed by atoms with Gasteiger partial charge in [-0.3, -0.25) is 0 Å². The Hall–Kier alpha value is -1.28. The van der Waals surface area contributed by atoms with Crippen molar-refractivity contribution in [3.05, 3.63) is 35.0 Å². The maximum atomic E-state index is 9.76. The van der Waals surface area contributed by atoms with E-state index in [-0.39, 0.29) is 6.10 Å². The topological polar surface area (TPSA) is 25.2 Å². The van der Waals surface area contributed by atoms with Crippen LogP contribution in [0.25, 0.3) is 10.9 Å². The number of rotatable bonds is 1. The lowest BCUT2D eigenvalue weighted by Crippen LogP contribution is -2.17. The van der Waals surface area contributed by atoms with Crippen LogP contribution in [0.5, 0.6) is 0 Å². The standard InChI is InChI=1S/C18H23NO/c1-12-17(13-7-9-15(20)10-8-13)16-6-2-4-14-5-3-11-19(12)18(14)16/h2,4,6,13,15,20H,3,5,7-11H2,1H3. The van der Waals surface area contributed by atoms with Crippen molar-refractivity contribution in [1.29, 1.82) is 0 Å². The molecule has 1 saturated carbocycles. The van der Waals surface area contributed by atoms with E-state index >= 15 is 0 Å². The fraction of sp³-hybridized carbons (Fsp3) is 0.556. The van der Waals surface area contributed by atoms with Crippen molar-refractivity contribution in [2.45, 2.75) is 64.0 Å². The van der Waals surface area contributed by atoms with Crippen LogP contribution in [-0.2, 0) is 13.0 Å². The summed E-state index contributed by atoms with van der Waals surface area (Å²) in [7, 11) is 0. The second-order valence-electron chi connectivity index (χ2n) is 6.57. The molecule has 1 aromatic carbocycles. The zero-order chi connectivity index (χ0) is 13.7. The number of aliphatic hydroxyl groups is 1. The second-order valence-corrected chi connectivity index (χ2v) is 6.57. The molecule has 2 aliphatic rings. The van der Waals surface area contributed by atoms with Crippen molar-refractivity contribution in [3.63, 3.8) is 0 Å². The van der Waals surface area contributed by atoms with Crippen LogP contribution in [-0.4, -0.2) is 15.8 Å². The molecule has 0 saturated heterocycles. The molecule has 4 rings (SSSR count). The van der Waals surface area contributed by atoms with Gasteiger partial charge >= 0.3 is 0 Å². The highest BCUT2D eigenvalue weighted by atomic mass is 16.3. The van der Waals surface area contributed by atoms with Crippen LogP contribution < -0.4 is 0 Å². The number of para-hydroxylation sites is 1. The molecule has 1 fully saturated rings. The minimum atomic E-state index is -0.0637. The Morgan fingerprint density at radius 1 is 1.15 bits per heavy atom. The molecule has 1 N–H and O–H groups in total. The van der Waals surface area contributed by atoms with E-state index < -0.39 is 0 Å². The van der Waals surface area contributed by atoms with E-state index in [2.05, 4.69) is 29.7 Å². The third kappa shape index (κ3) is 1.74. The average molecular weight is 269 g/mol. The number of hydrogen-bond donors (Lipinski definition) is 1. The molecule has 0 atom stereocenters. The quantitative estimate of drug-likeness (QED) is 0.834. The lowest BCUT2D eigenvalue weighted by molar-refractivity contribution is 0.122. The summed E-state index contributed by atoms with van der Waals surface area (Å²) in [6.07, 6.45) is 6.66. The van der Waals surface area contributed by atoms with E-state index in [1.807, 2.05) is 0 Å². The predicted octanol–water partition coefficient (Wildman–Crippen LogP) is 3.91. The normalized spacial score (nSPS) is 26.1. The Morgan fingerprint density at radius 2 is 1.95 bits per heavy atom. The Morgan fingerprint density at radius 3 is 2.75 bits per heavy atom. The van der Waals surface area contributed by atoms with Gasteiger partial charge < -0.3 is 9.67 Å². The van der Waals surface area contributed by atoms with E-state index in [1.54, 1.807) is 5.56 Å². The highest BCUT2D eigenvalue weighted by Gasteiger charge is 2.27. The molecular formula is C18H23NO. The van der Waals surface area contributed by atoms with E-state index in [0.29, 0.717) is 5.92 Å². The largest absolute Gasteiger partial charge is 0.393 e. The molecule has 2 aromatic rings. The van der Waals surface area contributed by atoms with Crippen molar-refractivity contribution in [2.75, 3.05) is 0 Å². The van der Waals surface area contributed by atoms with Crippen LogP contribution in [0.4, 0.5) is 0 Å². The molecular weight excluding hydrogens is 246 g/mol. The molecule has 20 heavy (non-hydrogen) atoms. The molecule has 2 heteroatoms. The molecule has 0 bridgehead atoms. The monoisotopic (exact) mass is 269 g/mol. The van der Waals surface area contributed by atoms with E-state index in [0.717, 1.165) is 25.7 Å². The number of hydrogen-bond acceptors (Lipinski definition) is 1. The molecule has 2 heterocycles. The van der Waals surface area contributed by atoms with Gasteiger partial charge in [-0.05, 0) is 62.5 Å². The van der Waals surface area contributed by atoms with Gasteiger partial charge in [-0.25, -0.2) is 0 Å². The van der Waals surface area contributed by atoms with Gasteiger partial charge in [0.15, 0.2) is 0 Å². The predicted molar refractivity (Wildman–Crippen MR) is 82.2 cm³/mol. The molecule has 1 aromatic heterocycles. The van der Waals surface area contributed by atoms with Gasteiger partial charge in [0, 0.05) is 17.6 Å². The van der Waals surface area contributed by atoms with Gasteiger partial charge in [0.1, 0.15) is 0 Å². The summed E-state index contributed by atoms with van der Waals surface area (Å²) in [6.45, 7) is 3.48. The zero-order valence-corrected chi connectivity index (χ0v) is 12.2. The summed E-state index contributed by atoms with van der Waals surface area (Å²) >= 11 is 0. The maximum absolute atomic E-state index is 9.76. The smallest absolute Gasteiger partial charge is 0.0540 e. The van der Waals surface area contributed by atoms with Crippen LogP contribution in [0.3, 0.4) is 0 Å². The minimum Gasteiger partial charge on any atom is -0.393 e. The van der Waals surface area contributed by atoms with Crippen molar-refractivity contribution in [3.8, 4) is 0 Å². The molecule has 2 nitrogen and oxygen atoms in total. The van der Waals surface area contributed by atoms with Gasteiger partial charge in [0.25, 0.3) is 0 Å². The Labute approximate surface area is 120 Å². The number of aryl methyl sites for hydroxylation is 2. The summed E-state index contributed by atoms with van der Waals surface area (Å²) in [5, 5.41) is 11.2. The number of aliphatic hydroxyl groups excluding tert-OH is 1. The lowest BCUT2D eigenvalue weighted by Gasteiger charge is -2.26. The highest BCUT2D eigenvalue weighted by Crippen LogP contribution is 2.41. The highest BCUT2D eigenvalue weighted by molar-refractivity contribution is 5.89. The van der Waals surface area contributed by atoms with Crippen LogP contribution in [0, 0.1) is 6.92 Å². The van der Waals surface area contributed by atoms with Crippen LogP contribution in [0.15, 0.2) is 18.2 Å². The number of aromatic nitrogens is 1. The van der Waals surface area contributed by atoms with Crippen LogP contribution in [0.1, 0.15) is 54.8 Å².